The fourth-order valence-corrected chi connectivity index (χ4v) is 2.13. The van der Waals surface area contributed by atoms with Crippen LogP contribution in [0.3, 0.4) is 0 Å². The summed E-state index contributed by atoms with van der Waals surface area (Å²) in [6, 6.07) is 0.944. The van der Waals surface area contributed by atoms with Crippen LogP contribution in [-0.4, -0.2) is 25.8 Å². The van der Waals surface area contributed by atoms with Gasteiger partial charge in [-0.05, 0) is 12.0 Å². The predicted molar refractivity (Wildman–Crippen MR) is 77.9 cm³/mol. The Morgan fingerprint density at radius 2 is 2.00 bits per heavy atom. The van der Waals surface area contributed by atoms with Gasteiger partial charge in [-0.25, -0.2) is 0 Å². The molecule has 2 aromatic rings. The van der Waals surface area contributed by atoms with E-state index in [1.165, 1.54) is 13.3 Å². The molecule has 0 saturated heterocycles. The highest BCUT2D eigenvalue weighted by Crippen LogP contribution is 2.29. The number of hydrogen-bond donors (Lipinski definition) is 0. The molecule has 0 aliphatic carbocycles. The molecule has 0 aromatic carbocycles. The van der Waals surface area contributed by atoms with Gasteiger partial charge in [-0.3, -0.25) is 9.36 Å². The van der Waals surface area contributed by atoms with Crippen molar-refractivity contribution in [2.24, 2.45) is 19.3 Å². The quantitative estimate of drug-likeness (QED) is 0.626. The van der Waals surface area contributed by atoms with Crippen LogP contribution >= 0.6 is 0 Å². The molecule has 0 amide bonds. The van der Waals surface area contributed by atoms with E-state index in [2.05, 4.69) is 15.4 Å². The first-order valence-electron chi connectivity index (χ1n) is 6.97. The summed E-state index contributed by atoms with van der Waals surface area (Å²) in [7, 11) is 3.04. The van der Waals surface area contributed by atoms with Gasteiger partial charge in [0.1, 0.15) is 11.4 Å². The van der Waals surface area contributed by atoms with Gasteiger partial charge in [0, 0.05) is 25.9 Å². The minimum absolute atomic E-state index is 0.141. The Kier molecular flexibility index (Phi) is 4.76. The third-order valence-corrected chi connectivity index (χ3v) is 3.13. The summed E-state index contributed by atoms with van der Waals surface area (Å²) in [6.45, 7) is 3.87. The van der Waals surface area contributed by atoms with Crippen molar-refractivity contribution in [1.29, 1.82) is 0 Å². The van der Waals surface area contributed by atoms with Crippen LogP contribution in [0, 0.1) is 0 Å². The Bertz CT molecular complexity index is 700. The van der Waals surface area contributed by atoms with E-state index in [1.54, 1.807) is 17.9 Å². The molecule has 2 rings (SSSR count). The summed E-state index contributed by atoms with van der Waals surface area (Å²) in [5.41, 5.74) is 1.01. The summed E-state index contributed by atoms with van der Waals surface area (Å²) in [4.78, 5) is 5.04. The van der Waals surface area contributed by atoms with Crippen LogP contribution in [0.25, 0.3) is 0 Å². The average molecular weight is 329 g/mol. The van der Waals surface area contributed by atoms with Crippen LogP contribution in [0.1, 0.15) is 42.4 Å². The van der Waals surface area contributed by atoms with E-state index in [4.69, 9.17) is 4.84 Å². The lowest BCUT2D eigenvalue weighted by atomic mass is 10.1. The molecule has 0 N–H and O–H groups in total. The Balaban J connectivity index is 2.00. The second-order valence-electron chi connectivity index (χ2n) is 5.45. The van der Waals surface area contributed by atoms with Gasteiger partial charge < -0.3 is 4.84 Å². The van der Waals surface area contributed by atoms with Gasteiger partial charge in [0.05, 0.1) is 11.9 Å². The summed E-state index contributed by atoms with van der Waals surface area (Å²) >= 11 is 0. The largest absolute Gasteiger partial charge is 0.433 e. The zero-order valence-electron chi connectivity index (χ0n) is 13.3. The number of aryl methyl sites for hydroxylation is 2. The Morgan fingerprint density at radius 3 is 2.57 bits per heavy atom. The van der Waals surface area contributed by atoms with Gasteiger partial charge in [-0.1, -0.05) is 19.0 Å². The standard InChI is InChI=1S/C14H18F3N5O/c1-9(2)13-10(7-21(3)20-13)6-18-23-8-11-5-12(14(15,16)17)22(4)19-11/h5-7,9H,8H2,1-4H3/b18-6+. The van der Waals surface area contributed by atoms with E-state index >= 15 is 0 Å². The minimum atomic E-state index is -4.44. The van der Waals surface area contributed by atoms with Gasteiger partial charge in [-0.15, -0.1) is 0 Å². The number of nitrogens with zero attached hydrogens (tertiary/aromatic N) is 5. The first-order valence-corrected chi connectivity index (χ1v) is 6.97. The van der Waals surface area contributed by atoms with Crippen LogP contribution in [0.2, 0.25) is 0 Å². The first kappa shape index (κ1) is 17.0. The van der Waals surface area contributed by atoms with Crippen LogP contribution in [0.5, 0.6) is 0 Å². The lowest BCUT2D eigenvalue weighted by molar-refractivity contribution is -0.143. The van der Waals surface area contributed by atoms with Gasteiger partial charge in [0.2, 0.25) is 0 Å². The van der Waals surface area contributed by atoms with Crippen LogP contribution < -0.4 is 0 Å². The molecule has 9 heteroatoms. The predicted octanol–water partition coefficient (Wildman–Crippen LogP) is 2.85. The summed E-state index contributed by atoms with van der Waals surface area (Å²) in [5, 5.41) is 11.9. The van der Waals surface area contributed by atoms with Gasteiger partial charge >= 0.3 is 6.18 Å². The summed E-state index contributed by atoms with van der Waals surface area (Å²) in [5.74, 6) is 0.225. The van der Waals surface area contributed by atoms with E-state index in [0.29, 0.717) is 0 Å². The van der Waals surface area contributed by atoms with E-state index in [0.717, 1.165) is 22.0 Å². The molecule has 0 aliphatic rings. The van der Waals surface area contributed by atoms with E-state index < -0.39 is 11.9 Å². The van der Waals surface area contributed by atoms with Crippen molar-refractivity contribution in [3.63, 3.8) is 0 Å². The first-order chi connectivity index (χ1) is 10.7. The zero-order valence-corrected chi connectivity index (χ0v) is 13.3. The van der Waals surface area contributed by atoms with Crippen molar-refractivity contribution < 1.29 is 18.0 Å². The topological polar surface area (TPSA) is 57.2 Å². The molecule has 0 unspecified atom stereocenters. The highest BCUT2D eigenvalue weighted by atomic mass is 19.4. The van der Waals surface area contributed by atoms with Crippen molar-refractivity contribution >= 4 is 6.21 Å². The van der Waals surface area contributed by atoms with Gasteiger partial charge in [-0.2, -0.15) is 23.4 Å². The lowest BCUT2D eigenvalue weighted by Gasteiger charge is -2.04. The van der Waals surface area contributed by atoms with Gasteiger partial charge in [0.15, 0.2) is 6.61 Å². The molecule has 23 heavy (non-hydrogen) atoms. The van der Waals surface area contributed by atoms with Crippen LogP contribution in [-0.2, 0) is 31.7 Å². The maximum absolute atomic E-state index is 12.7. The molecule has 2 heterocycles. The molecular weight excluding hydrogens is 311 g/mol. The normalized spacial score (nSPS) is 12.5. The fourth-order valence-electron chi connectivity index (χ4n) is 2.13. The zero-order chi connectivity index (χ0) is 17.2. The Hall–Kier alpha value is -2.32. The molecule has 6 nitrogen and oxygen atoms in total. The van der Waals surface area contributed by atoms with Crippen molar-refractivity contribution in [2.45, 2.75) is 32.5 Å². The highest BCUT2D eigenvalue weighted by Gasteiger charge is 2.34. The van der Waals surface area contributed by atoms with Crippen molar-refractivity contribution in [3.05, 3.63) is 34.9 Å². The molecule has 0 bridgehead atoms. The number of hydrogen-bond acceptors (Lipinski definition) is 4. The SMILES string of the molecule is CC(C)c1nn(C)cc1/C=N/OCc1cc(C(F)(F)F)n(C)n1. The maximum atomic E-state index is 12.7. The number of alkyl halides is 3. The molecule has 126 valence electrons. The second kappa shape index (κ2) is 6.43. The smallest absolute Gasteiger partial charge is 0.389 e. The summed E-state index contributed by atoms with van der Waals surface area (Å²) in [6.07, 6.45) is -1.15. The van der Waals surface area contributed by atoms with Crippen molar-refractivity contribution in [1.82, 2.24) is 19.6 Å². The number of aromatic nitrogens is 4. The van der Waals surface area contributed by atoms with E-state index in [1.807, 2.05) is 13.8 Å². The number of oxime groups is 1. The summed E-state index contributed by atoms with van der Waals surface area (Å²) < 4.78 is 40.4. The molecule has 0 radical (unpaired) electrons. The molecule has 0 saturated carbocycles. The maximum Gasteiger partial charge on any atom is 0.433 e. The Labute approximate surface area is 131 Å². The van der Waals surface area contributed by atoms with E-state index in [9.17, 15) is 13.2 Å². The number of halogens is 3. The minimum Gasteiger partial charge on any atom is -0.389 e. The number of rotatable bonds is 5. The lowest BCUT2D eigenvalue weighted by Crippen LogP contribution is -2.11. The fraction of sp³-hybridized carbons (Fsp3) is 0.500. The molecule has 0 spiro atoms. The second-order valence-corrected chi connectivity index (χ2v) is 5.45. The van der Waals surface area contributed by atoms with Gasteiger partial charge in [0.25, 0.3) is 0 Å². The highest BCUT2D eigenvalue weighted by molar-refractivity contribution is 5.80. The Morgan fingerprint density at radius 1 is 1.30 bits per heavy atom. The third kappa shape index (κ3) is 4.11. The van der Waals surface area contributed by atoms with Crippen molar-refractivity contribution in [2.75, 3.05) is 0 Å². The third-order valence-electron chi connectivity index (χ3n) is 3.13. The van der Waals surface area contributed by atoms with Crippen molar-refractivity contribution in [3.8, 4) is 0 Å². The average Bonchev–Trinajstić information content (AvgIpc) is 2.97. The molecule has 0 fully saturated rings. The molecular formula is C14H18F3N5O. The monoisotopic (exact) mass is 329 g/mol. The van der Waals surface area contributed by atoms with Crippen LogP contribution in [0.4, 0.5) is 13.2 Å². The van der Waals surface area contributed by atoms with E-state index in [-0.39, 0.29) is 18.2 Å². The van der Waals surface area contributed by atoms with Crippen LogP contribution in [0.15, 0.2) is 17.4 Å². The molecule has 0 atom stereocenters. The molecule has 0 aliphatic heterocycles. The molecule has 2 aromatic heterocycles.